The lowest BCUT2D eigenvalue weighted by Gasteiger charge is -2.35. The highest BCUT2D eigenvalue weighted by molar-refractivity contribution is 5.42. The van der Waals surface area contributed by atoms with Gasteiger partial charge in [0.2, 0.25) is 0 Å². The largest absolute Gasteiger partial charge is 0.493 e. The van der Waals surface area contributed by atoms with Crippen LogP contribution in [-0.4, -0.2) is 12.1 Å². The maximum atomic E-state index is 6.21. The molecule has 1 heterocycles. The minimum atomic E-state index is -0.173. The van der Waals surface area contributed by atoms with E-state index in [0.717, 1.165) is 18.8 Å². The van der Waals surface area contributed by atoms with Gasteiger partial charge in [-0.05, 0) is 44.4 Å². The topological polar surface area (TPSA) is 35.2 Å². The Morgan fingerprint density at radius 2 is 2.13 bits per heavy atom. The van der Waals surface area contributed by atoms with E-state index in [-0.39, 0.29) is 5.54 Å². The van der Waals surface area contributed by atoms with E-state index < -0.39 is 0 Å². The molecule has 2 nitrogen and oxygen atoms in total. The molecular weight excluding hydrogens is 186 g/mol. The first kappa shape index (κ1) is 10.5. The van der Waals surface area contributed by atoms with Gasteiger partial charge in [-0.25, -0.2) is 0 Å². The smallest absolute Gasteiger partial charge is 0.123 e. The number of hydrogen-bond acceptors (Lipinski definition) is 2. The van der Waals surface area contributed by atoms with Crippen molar-refractivity contribution in [2.24, 2.45) is 5.73 Å². The molecule has 0 fully saturated rings. The third-order valence-corrected chi connectivity index (χ3v) is 3.11. The van der Waals surface area contributed by atoms with Gasteiger partial charge >= 0.3 is 0 Å². The third-order valence-electron chi connectivity index (χ3n) is 3.11. The van der Waals surface area contributed by atoms with Crippen LogP contribution in [0.4, 0.5) is 0 Å². The number of rotatable bonds is 1. The van der Waals surface area contributed by atoms with Crippen molar-refractivity contribution in [3.63, 3.8) is 0 Å². The molecule has 0 aromatic heterocycles. The molecule has 2 N–H and O–H groups in total. The number of ether oxygens (including phenoxy) is 1. The molecule has 82 valence electrons. The fourth-order valence-electron chi connectivity index (χ4n) is 2.27. The average molecular weight is 205 g/mol. The van der Waals surface area contributed by atoms with E-state index in [2.05, 4.69) is 39.0 Å². The van der Waals surface area contributed by atoms with Crippen LogP contribution in [0, 0.1) is 6.92 Å². The molecule has 1 unspecified atom stereocenters. The summed E-state index contributed by atoms with van der Waals surface area (Å²) in [7, 11) is 0. The van der Waals surface area contributed by atoms with Gasteiger partial charge in [0, 0.05) is 11.5 Å². The Morgan fingerprint density at radius 1 is 1.40 bits per heavy atom. The summed E-state index contributed by atoms with van der Waals surface area (Å²) in [5, 5.41) is 0. The molecule has 1 atom stereocenters. The van der Waals surface area contributed by atoms with Gasteiger partial charge in [-0.1, -0.05) is 12.1 Å². The van der Waals surface area contributed by atoms with E-state index in [1.54, 1.807) is 0 Å². The lowest BCUT2D eigenvalue weighted by atomic mass is 9.79. The molecule has 0 amide bonds. The zero-order valence-corrected chi connectivity index (χ0v) is 9.71. The maximum Gasteiger partial charge on any atom is 0.123 e. The third kappa shape index (κ3) is 2.00. The van der Waals surface area contributed by atoms with Crippen molar-refractivity contribution in [2.45, 2.75) is 38.6 Å². The Kier molecular flexibility index (Phi) is 2.47. The molecule has 0 bridgehead atoms. The van der Waals surface area contributed by atoms with Crippen LogP contribution in [0.3, 0.4) is 0 Å². The average Bonchev–Trinajstić information content (AvgIpc) is 2.15. The normalized spacial score (nSPS) is 20.7. The van der Waals surface area contributed by atoms with Crippen molar-refractivity contribution in [3.05, 3.63) is 29.3 Å². The summed E-state index contributed by atoms with van der Waals surface area (Å²) in [6.07, 6.45) is 1.01. The van der Waals surface area contributed by atoms with Crippen molar-refractivity contribution < 1.29 is 4.74 Å². The quantitative estimate of drug-likeness (QED) is 0.765. The number of hydrogen-bond donors (Lipinski definition) is 1. The summed E-state index contributed by atoms with van der Waals surface area (Å²) in [6, 6.07) is 6.39. The molecule has 0 saturated carbocycles. The highest BCUT2D eigenvalue weighted by Crippen LogP contribution is 2.39. The van der Waals surface area contributed by atoms with Crippen LogP contribution in [-0.2, 0) is 0 Å². The predicted molar refractivity (Wildman–Crippen MR) is 62.3 cm³/mol. The summed E-state index contributed by atoms with van der Waals surface area (Å²) in [6.45, 7) is 7.04. The van der Waals surface area contributed by atoms with Gasteiger partial charge in [-0.15, -0.1) is 0 Å². The second-order valence-electron chi connectivity index (χ2n) is 5.05. The highest BCUT2D eigenvalue weighted by Gasteiger charge is 2.31. The van der Waals surface area contributed by atoms with Gasteiger partial charge in [-0.2, -0.15) is 0 Å². The molecule has 2 rings (SSSR count). The fraction of sp³-hybridized carbons (Fsp3) is 0.538. The summed E-state index contributed by atoms with van der Waals surface area (Å²) >= 11 is 0. The van der Waals surface area contributed by atoms with Crippen molar-refractivity contribution in [1.29, 1.82) is 0 Å². The van der Waals surface area contributed by atoms with Gasteiger partial charge in [-0.3, -0.25) is 0 Å². The van der Waals surface area contributed by atoms with Crippen LogP contribution in [0.1, 0.15) is 37.3 Å². The van der Waals surface area contributed by atoms with E-state index in [0.29, 0.717) is 5.92 Å². The van der Waals surface area contributed by atoms with Crippen LogP contribution >= 0.6 is 0 Å². The van der Waals surface area contributed by atoms with Crippen LogP contribution in [0.15, 0.2) is 18.2 Å². The standard InChI is InChI=1S/C13H19NO/c1-9-4-5-10-11(13(2,3)14)6-7-15-12(10)8-9/h4-5,8,11H,6-7,14H2,1-3H3. The summed E-state index contributed by atoms with van der Waals surface area (Å²) < 4.78 is 5.67. The van der Waals surface area contributed by atoms with E-state index in [9.17, 15) is 0 Å². The Hall–Kier alpha value is -1.02. The molecule has 0 spiro atoms. The minimum absolute atomic E-state index is 0.173. The fourth-order valence-corrected chi connectivity index (χ4v) is 2.27. The lowest BCUT2D eigenvalue weighted by molar-refractivity contribution is 0.233. The van der Waals surface area contributed by atoms with E-state index >= 15 is 0 Å². The SMILES string of the molecule is Cc1ccc2c(c1)OCCC2C(C)(C)N. The Morgan fingerprint density at radius 3 is 2.80 bits per heavy atom. The van der Waals surface area contributed by atoms with Crippen LogP contribution in [0.25, 0.3) is 0 Å². The van der Waals surface area contributed by atoms with Crippen molar-refractivity contribution in [1.82, 2.24) is 0 Å². The molecule has 15 heavy (non-hydrogen) atoms. The number of benzene rings is 1. The van der Waals surface area contributed by atoms with Crippen molar-refractivity contribution >= 4 is 0 Å². The highest BCUT2D eigenvalue weighted by atomic mass is 16.5. The second kappa shape index (κ2) is 3.53. The molecule has 1 aromatic carbocycles. The summed E-state index contributed by atoms with van der Waals surface area (Å²) in [4.78, 5) is 0. The summed E-state index contributed by atoms with van der Waals surface area (Å²) in [5.74, 6) is 1.42. The first-order valence-electron chi connectivity index (χ1n) is 5.51. The van der Waals surface area contributed by atoms with E-state index in [1.807, 2.05) is 0 Å². The first-order chi connectivity index (χ1) is 6.98. The van der Waals surface area contributed by atoms with E-state index in [1.165, 1.54) is 11.1 Å². The maximum absolute atomic E-state index is 6.21. The first-order valence-corrected chi connectivity index (χ1v) is 5.51. The number of fused-ring (bicyclic) bond motifs is 1. The Bertz CT molecular complexity index is 365. The molecule has 1 aromatic rings. The van der Waals surface area contributed by atoms with Crippen molar-refractivity contribution in [2.75, 3.05) is 6.61 Å². The van der Waals surface area contributed by atoms with Crippen molar-refractivity contribution in [3.8, 4) is 5.75 Å². The van der Waals surface area contributed by atoms with Crippen LogP contribution < -0.4 is 10.5 Å². The molecule has 2 heteroatoms. The van der Waals surface area contributed by atoms with E-state index in [4.69, 9.17) is 10.5 Å². The molecule has 0 saturated heterocycles. The lowest BCUT2D eigenvalue weighted by Crippen LogP contribution is -2.41. The number of nitrogens with two attached hydrogens (primary N) is 1. The molecular formula is C13H19NO. The van der Waals surface area contributed by atoms with Gasteiger partial charge in [0.15, 0.2) is 0 Å². The number of aryl methyl sites for hydroxylation is 1. The van der Waals surface area contributed by atoms with Gasteiger partial charge in [0.05, 0.1) is 6.61 Å². The van der Waals surface area contributed by atoms with Gasteiger partial charge in [0.25, 0.3) is 0 Å². The second-order valence-corrected chi connectivity index (χ2v) is 5.05. The monoisotopic (exact) mass is 205 g/mol. The van der Waals surface area contributed by atoms with Crippen LogP contribution in [0.2, 0.25) is 0 Å². The Balaban J connectivity index is 2.43. The van der Waals surface area contributed by atoms with Gasteiger partial charge in [0.1, 0.15) is 5.75 Å². The predicted octanol–water partition coefficient (Wildman–Crippen LogP) is 2.60. The summed E-state index contributed by atoms with van der Waals surface area (Å²) in [5.41, 5.74) is 8.54. The van der Waals surface area contributed by atoms with Gasteiger partial charge < -0.3 is 10.5 Å². The van der Waals surface area contributed by atoms with Crippen LogP contribution in [0.5, 0.6) is 5.75 Å². The molecule has 0 radical (unpaired) electrons. The zero-order chi connectivity index (χ0) is 11.1. The molecule has 0 aliphatic carbocycles. The zero-order valence-electron chi connectivity index (χ0n) is 9.71. The molecule has 1 aliphatic rings. The minimum Gasteiger partial charge on any atom is -0.493 e. The molecule has 1 aliphatic heterocycles. The Labute approximate surface area is 91.4 Å².